The van der Waals surface area contributed by atoms with Gasteiger partial charge in [-0.15, -0.1) is 0 Å². The Kier molecular flexibility index (Phi) is 5.57. The molecule has 19 heavy (non-hydrogen) atoms. The Hall–Kier alpha value is -1.82. The molecule has 0 heterocycles. The Balaban J connectivity index is 2.94. The first kappa shape index (κ1) is 15.2. The highest BCUT2D eigenvalue weighted by molar-refractivity contribution is 5.64. The highest BCUT2D eigenvalue weighted by Gasteiger charge is 2.12. The highest BCUT2D eigenvalue weighted by atomic mass is 16.6. The quantitative estimate of drug-likeness (QED) is 0.604. The van der Waals surface area contributed by atoms with Crippen LogP contribution in [0.2, 0.25) is 0 Å². The monoisotopic (exact) mass is 266 g/mol. The third-order valence-corrected chi connectivity index (χ3v) is 2.82. The van der Waals surface area contributed by atoms with E-state index in [-0.39, 0.29) is 10.6 Å². The molecule has 0 unspecified atom stereocenters. The van der Waals surface area contributed by atoms with Gasteiger partial charge in [0.25, 0.3) is 5.69 Å². The molecule has 0 radical (unpaired) electrons. The minimum absolute atomic E-state index is 0.116. The topological polar surface area (TPSA) is 61.6 Å². The molecule has 1 rings (SSSR count). The number of nitrogens with zero attached hydrogens (tertiary/aromatic N) is 3. The minimum Gasteiger partial charge on any atom is -0.385 e. The second-order valence-corrected chi connectivity index (χ2v) is 4.75. The largest absolute Gasteiger partial charge is 0.385 e. The van der Waals surface area contributed by atoms with E-state index in [0.29, 0.717) is 0 Å². The van der Waals surface area contributed by atoms with E-state index in [9.17, 15) is 10.1 Å². The summed E-state index contributed by atoms with van der Waals surface area (Å²) in [5.41, 5.74) is 1.75. The van der Waals surface area contributed by atoms with Crippen molar-refractivity contribution in [2.24, 2.45) is 0 Å². The standard InChI is InChI=1S/C13H22N4O2/c1-5-14-11-8-12(10-13(9-11)17(18)19)16(4)7-6-15(2)3/h8-10,14H,5-7H2,1-4H3. The summed E-state index contributed by atoms with van der Waals surface area (Å²) in [5, 5.41) is 14.1. The number of hydrogen-bond acceptors (Lipinski definition) is 5. The summed E-state index contributed by atoms with van der Waals surface area (Å²) in [6, 6.07) is 5.11. The fraction of sp³-hybridized carbons (Fsp3) is 0.538. The van der Waals surface area contributed by atoms with Gasteiger partial charge >= 0.3 is 0 Å². The lowest BCUT2D eigenvalue weighted by atomic mass is 10.2. The Morgan fingerprint density at radius 2 is 1.89 bits per heavy atom. The van der Waals surface area contributed by atoms with Gasteiger partial charge < -0.3 is 15.1 Å². The third-order valence-electron chi connectivity index (χ3n) is 2.82. The first-order valence-electron chi connectivity index (χ1n) is 6.33. The third kappa shape index (κ3) is 4.75. The maximum absolute atomic E-state index is 10.9. The van der Waals surface area contributed by atoms with Crippen LogP contribution in [0.3, 0.4) is 0 Å². The van der Waals surface area contributed by atoms with E-state index in [2.05, 4.69) is 10.2 Å². The summed E-state index contributed by atoms with van der Waals surface area (Å²) in [7, 11) is 5.95. The number of nitrogens with one attached hydrogen (secondary N) is 1. The molecule has 1 aromatic carbocycles. The lowest BCUT2D eigenvalue weighted by Gasteiger charge is -2.22. The number of hydrogen-bond donors (Lipinski definition) is 1. The van der Waals surface area contributed by atoms with Gasteiger partial charge in [0.1, 0.15) is 0 Å². The zero-order valence-electron chi connectivity index (χ0n) is 12.0. The summed E-state index contributed by atoms with van der Waals surface area (Å²) in [5.74, 6) is 0. The maximum atomic E-state index is 10.9. The molecule has 6 nitrogen and oxygen atoms in total. The van der Waals surface area contributed by atoms with Crippen molar-refractivity contribution in [2.45, 2.75) is 6.92 Å². The number of non-ortho nitro benzene ring substituents is 1. The Morgan fingerprint density at radius 1 is 1.21 bits per heavy atom. The number of likely N-dealkylation sites (N-methyl/N-ethyl adjacent to an activating group) is 2. The van der Waals surface area contributed by atoms with Gasteiger partial charge in [0, 0.05) is 50.2 Å². The smallest absolute Gasteiger partial charge is 0.273 e. The summed E-state index contributed by atoms with van der Waals surface area (Å²) in [4.78, 5) is 14.7. The summed E-state index contributed by atoms with van der Waals surface area (Å²) in [6.07, 6.45) is 0. The molecular weight excluding hydrogens is 244 g/mol. The second kappa shape index (κ2) is 6.94. The molecule has 6 heteroatoms. The van der Waals surface area contributed by atoms with Crippen LogP contribution in [0.25, 0.3) is 0 Å². The van der Waals surface area contributed by atoms with Gasteiger partial charge in [-0.05, 0) is 27.1 Å². The molecular formula is C13H22N4O2. The van der Waals surface area contributed by atoms with Gasteiger partial charge in [-0.1, -0.05) is 0 Å². The Bertz CT molecular complexity index is 435. The second-order valence-electron chi connectivity index (χ2n) is 4.75. The van der Waals surface area contributed by atoms with Crippen molar-refractivity contribution < 1.29 is 4.92 Å². The molecule has 0 spiro atoms. The molecule has 1 aromatic rings. The molecule has 0 saturated carbocycles. The van der Waals surface area contributed by atoms with Gasteiger partial charge in [0.15, 0.2) is 0 Å². The molecule has 0 aliphatic carbocycles. The van der Waals surface area contributed by atoms with Crippen molar-refractivity contribution in [1.29, 1.82) is 0 Å². The van der Waals surface area contributed by atoms with E-state index in [4.69, 9.17) is 0 Å². The highest BCUT2D eigenvalue weighted by Crippen LogP contribution is 2.26. The van der Waals surface area contributed by atoms with Crippen LogP contribution in [-0.4, -0.2) is 50.6 Å². The van der Waals surface area contributed by atoms with Crippen molar-refractivity contribution >= 4 is 17.1 Å². The van der Waals surface area contributed by atoms with Gasteiger partial charge in [-0.2, -0.15) is 0 Å². The predicted octanol–water partition coefficient (Wildman–Crippen LogP) is 2.02. The summed E-state index contributed by atoms with van der Waals surface area (Å²) in [6.45, 7) is 4.42. The normalized spacial score (nSPS) is 10.6. The fourth-order valence-corrected chi connectivity index (χ4v) is 1.71. The molecule has 0 atom stereocenters. The Morgan fingerprint density at radius 3 is 2.42 bits per heavy atom. The van der Waals surface area contributed by atoms with Gasteiger partial charge in [-0.3, -0.25) is 10.1 Å². The van der Waals surface area contributed by atoms with E-state index < -0.39 is 0 Å². The van der Waals surface area contributed by atoms with Crippen LogP contribution in [0.1, 0.15) is 6.92 Å². The van der Waals surface area contributed by atoms with Crippen molar-refractivity contribution in [1.82, 2.24) is 4.90 Å². The van der Waals surface area contributed by atoms with Crippen LogP contribution < -0.4 is 10.2 Å². The number of benzene rings is 1. The number of rotatable bonds is 7. The van der Waals surface area contributed by atoms with E-state index in [1.807, 2.05) is 39.0 Å². The predicted molar refractivity (Wildman–Crippen MR) is 79.1 cm³/mol. The zero-order valence-corrected chi connectivity index (χ0v) is 12.0. The number of anilines is 2. The molecule has 0 fully saturated rings. The molecule has 0 aliphatic rings. The van der Waals surface area contributed by atoms with Crippen molar-refractivity contribution in [2.75, 3.05) is 51.0 Å². The van der Waals surface area contributed by atoms with Gasteiger partial charge in [0.05, 0.1) is 4.92 Å². The zero-order chi connectivity index (χ0) is 14.4. The number of nitro groups is 1. The number of nitro benzene ring substituents is 1. The van der Waals surface area contributed by atoms with Crippen molar-refractivity contribution in [3.05, 3.63) is 28.3 Å². The molecule has 0 aromatic heterocycles. The van der Waals surface area contributed by atoms with Crippen LogP contribution in [-0.2, 0) is 0 Å². The van der Waals surface area contributed by atoms with E-state index in [1.165, 1.54) is 0 Å². The molecule has 1 N–H and O–H groups in total. The van der Waals surface area contributed by atoms with Crippen molar-refractivity contribution in [3.8, 4) is 0 Å². The maximum Gasteiger partial charge on any atom is 0.273 e. The fourth-order valence-electron chi connectivity index (χ4n) is 1.71. The lowest BCUT2D eigenvalue weighted by molar-refractivity contribution is -0.384. The van der Waals surface area contributed by atoms with Crippen LogP contribution >= 0.6 is 0 Å². The van der Waals surface area contributed by atoms with Gasteiger partial charge in [-0.25, -0.2) is 0 Å². The van der Waals surface area contributed by atoms with Gasteiger partial charge in [0.2, 0.25) is 0 Å². The first-order chi connectivity index (χ1) is 8.93. The molecule has 106 valence electrons. The molecule has 0 aliphatic heterocycles. The lowest BCUT2D eigenvalue weighted by Crippen LogP contribution is -2.28. The van der Waals surface area contributed by atoms with E-state index in [1.54, 1.807) is 12.1 Å². The summed E-state index contributed by atoms with van der Waals surface area (Å²) < 4.78 is 0. The molecule has 0 saturated heterocycles. The first-order valence-corrected chi connectivity index (χ1v) is 6.33. The van der Waals surface area contributed by atoms with Crippen molar-refractivity contribution in [3.63, 3.8) is 0 Å². The average molecular weight is 266 g/mol. The van der Waals surface area contributed by atoms with Crippen LogP contribution in [0.4, 0.5) is 17.1 Å². The Labute approximate surface area is 114 Å². The minimum atomic E-state index is -0.357. The van der Waals surface area contributed by atoms with E-state index in [0.717, 1.165) is 31.0 Å². The average Bonchev–Trinajstić information content (AvgIpc) is 2.35. The van der Waals surface area contributed by atoms with Crippen LogP contribution in [0.15, 0.2) is 18.2 Å². The van der Waals surface area contributed by atoms with Crippen LogP contribution in [0.5, 0.6) is 0 Å². The van der Waals surface area contributed by atoms with Crippen LogP contribution in [0, 0.1) is 10.1 Å². The SMILES string of the molecule is CCNc1cc(N(C)CCN(C)C)cc([N+](=O)[O-])c1. The van der Waals surface area contributed by atoms with E-state index >= 15 is 0 Å². The molecule has 0 amide bonds. The summed E-state index contributed by atoms with van der Waals surface area (Å²) >= 11 is 0. The molecule has 0 bridgehead atoms.